The third-order valence-corrected chi connectivity index (χ3v) is 2.92. The van der Waals surface area contributed by atoms with Crippen molar-refractivity contribution in [1.29, 1.82) is 5.26 Å². The molecular weight excluding hydrogens is 239 g/mol. The Balaban J connectivity index is 2.31. The Morgan fingerprint density at radius 1 is 1.11 bits per heavy atom. The summed E-state index contributed by atoms with van der Waals surface area (Å²) in [5, 5.41) is 12.3. The minimum absolute atomic E-state index is 0.364. The third kappa shape index (κ3) is 3.11. The van der Waals surface area contributed by atoms with Crippen molar-refractivity contribution in [2.75, 3.05) is 5.32 Å². The lowest BCUT2D eigenvalue weighted by Gasteiger charge is -2.15. The van der Waals surface area contributed by atoms with Crippen molar-refractivity contribution < 1.29 is 4.39 Å². The van der Waals surface area contributed by atoms with Crippen LogP contribution in [-0.4, -0.2) is 0 Å². The van der Waals surface area contributed by atoms with Crippen molar-refractivity contribution in [3.8, 4) is 6.07 Å². The van der Waals surface area contributed by atoms with Crippen LogP contribution in [0.3, 0.4) is 0 Å². The topological polar surface area (TPSA) is 35.8 Å². The van der Waals surface area contributed by atoms with Gasteiger partial charge in [0.15, 0.2) is 0 Å². The summed E-state index contributed by atoms with van der Waals surface area (Å²) in [5.41, 5.74) is 3.21. The molecule has 96 valence electrons. The maximum absolute atomic E-state index is 13.8. The smallest absolute Gasteiger partial charge is 0.143 e. The van der Waals surface area contributed by atoms with E-state index < -0.39 is 6.04 Å². The fourth-order valence-corrected chi connectivity index (χ4v) is 1.97. The number of hydrogen-bond acceptors (Lipinski definition) is 2. The second-order valence-electron chi connectivity index (χ2n) is 4.60. The molecule has 1 unspecified atom stereocenters. The van der Waals surface area contributed by atoms with Gasteiger partial charge in [0.05, 0.1) is 6.07 Å². The molecule has 0 saturated heterocycles. The van der Waals surface area contributed by atoms with Gasteiger partial charge in [0, 0.05) is 11.3 Å². The maximum atomic E-state index is 13.8. The average Bonchev–Trinajstić information content (AvgIpc) is 2.39. The summed E-state index contributed by atoms with van der Waals surface area (Å²) < 4.78 is 13.8. The van der Waals surface area contributed by atoms with E-state index in [-0.39, 0.29) is 5.82 Å². The van der Waals surface area contributed by atoms with Gasteiger partial charge in [-0.25, -0.2) is 4.39 Å². The first kappa shape index (κ1) is 13.1. The third-order valence-electron chi connectivity index (χ3n) is 2.92. The number of benzene rings is 2. The maximum Gasteiger partial charge on any atom is 0.143 e. The predicted octanol–water partition coefficient (Wildman–Crippen LogP) is 4.12. The van der Waals surface area contributed by atoms with E-state index in [0.29, 0.717) is 5.56 Å². The van der Waals surface area contributed by atoms with E-state index in [9.17, 15) is 9.65 Å². The van der Waals surface area contributed by atoms with Crippen LogP contribution < -0.4 is 5.32 Å². The van der Waals surface area contributed by atoms with Gasteiger partial charge in [0.1, 0.15) is 11.9 Å². The van der Waals surface area contributed by atoms with E-state index in [1.54, 1.807) is 12.1 Å². The zero-order chi connectivity index (χ0) is 13.8. The lowest BCUT2D eigenvalue weighted by atomic mass is 10.0. The fourth-order valence-electron chi connectivity index (χ4n) is 1.97. The van der Waals surface area contributed by atoms with Gasteiger partial charge in [-0.15, -0.1) is 0 Å². The van der Waals surface area contributed by atoms with E-state index in [1.165, 1.54) is 6.07 Å². The van der Waals surface area contributed by atoms with Crippen molar-refractivity contribution in [3.63, 3.8) is 0 Å². The molecule has 3 heteroatoms. The van der Waals surface area contributed by atoms with Crippen molar-refractivity contribution in [3.05, 3.63) is 65.0 Å². The van der Waals surface area contributed by atoms with Crippen molar-refractivity contribution in [1.82, 2.24) is 0 Å². The summed E-state index contributed by atoms with van der Waals surface area (Å²) in [4.78, 5) is 0. The Labute approximate surface area is 112 Å². The monoisotopic (exact) mass is 254 g/mol. The average molecular weight is 254 g/mol. The van der Waals surface area contributed by atoms with Gasteiger partial charge in [-0.3, -0.25) is 0 Å². The van der Waals surface area contributed by atoms with Crippen LogP contribution in [0.1, 0.15) is 22.7 Å². The van der Waals surface area contributed by atoms with Crippen LogP contribution in [-0.2, 0) is 0 Å². The van der Waals surface area contributed by atoms with Crippen molar-refractivity contribution >= 4 is 5.69 Å². The molecule has 0 saturated carbocycles. The molecule has 0 bridgehead atoms. The van der Waals surface area contributed by atoms with Crippen LogP contribution in [0.15, 0.2) is 42.5 Å². The molecule has 19 heavy (non-hydrogen) atoms. The quantitative estimate of drug-likeness (QED) is 0.894. The van der Waals surface area contributed by atoms with Crippen LogP contribution in [0.4, 0.5) is 10.1 Å². The number of nitrogens with one attached hydrogen (secondary N) is 1. The van der Waals surface area contributed by atoms with E-state index in [2.05, 4.69) is 11.4 Å². The molecule has 0 spiro atoms. The highest BCUT2D eigenvalue weighted by Gasteiger charge is 2.15. The van der Waals surface area contributed by atoms with Crippen LogP contribution in [0.5, 0.6) is 0 Å². The predicted molar refractivity (Wildman–Crippen MR) is 74.3 cm³/mol. The number of halogens is 1. The number of nitrogens with zero attached hydrogens (tertiary/aromatic N) is 1. The van der Waals surface area contributed by atoms with Gasteiger partial charge >= 0.3 is 0 Å². The molecule has 0 heterocycles. The minimum atomic E-state index is -0.693. The van der Waals surface area contributed by atoms with Crippen LogP contribution in [0, 0.1) is 31.0 Å². The fraction of sp³-hybridized carbons (Fsp3) is 0.188. The summed E-state index contributed by atoms with van der Waals surface area (Å²) in [6.07, 6.45) is 0. The van der Waals surface area contributed by atoms with Crippen molar-refractivity contribution in [2.24, 2.45) is 0 Å². The summed E-state index contributed by atoms with van der Waals surface area (Å²) in [7, 11) is 0. The highest BCUT2D eigenvalue weighted by Crippen LogP contribution is 2.23. The first-order valence-electron chi connectivity index (χ1n) is 6.09. The molecule has 2 nitrogen and oxygen atoms in total. The number of rotatable bonds is 3. The highest BCUT2D eigenvalue weighted by molar-refractivity contribution is 5.49. The normalized spacial score (nSPS) is 11.7. The van der Waals surface area contributed by atoms with Crippen LogP contribution in [0.25, 0.3) is 0 Å². The number of anilines is 1. The second kappa shape index (κ2) is 5.53. The van der Waals surface area contributed by atoms with Gasteiger partial charge in [0.2, 0.25) is 0 Å². The SMILES string of the molecule is Cc1cccc(NC(C#N)c2cc(C)ccc2F)c1. The molecule has 0 radical (unpaired) electrons. The number of hydrogen-bond donors (Lipinski definition) is 1. The Kier molecular flexibility index (Phi) is 3.82. The van der Waals surface area contributed by atoms with E-state index in [0.717, 1.165) is 16.8 Å². The van der Waals surface area contributed by atoms with E-state index in [1.807, 2.05) is 38.1 Å². The highest BCUT2D eigenvalue weighted by atomic mass is 19.1. The lowest BCUT2D eigenvalue weighted by molar-refractivity contribution is 0.607. The zero-order valence-corrected chi connectivity index (χ0v) is 10.9. The van der Waals surface area contributed by atoms with Crippen LogP contribution >= 0.6 is 0 Å². The molecule has 1 atom stereocenters. The molecule has 0 aliphatic heterocycles. The Morgan fingerprint density at radius 2 is 1.84 bits per heavy atom. The molecule has 1 N–H and O–H groups in total. The molecule has 0 aliphatic rings. The first-order chi connectivity index (χ1) is 9.10. The largest absolute Gasteiger partial charge is 0.366 e. The Hall–Kier alpha value is -2.34. The molecule has 0 aliphatic carbocycles. The van der Waals surface area contributed by atoms with Gasteiger partial charge < -0.3 is 5.32 Å². The number of aryl methyl sites for hydroxylation is 2. The molecular formula is C16H15FN2. The molecule has 2 aromatic carbocycles. The van der Waals surface area contributed by atoms with Gasteiger partial charge in [-0.1, -0.05) is 29.8 Å². The zero-order valence-electron chi connectivity index (χ0n) is 10.9. The Bertz CT molecular complexity index is 629. The molecule has 0 amide bonds. The van der Waals surface area contributed by atoms with Gasteiger partial charge in [-0.2, -0.15) is 5.26 Å². The molecule has 0 aromatic heterocycles. The molecule has 0 fully saturated rings. The van der Waals surface area contributed by atoms with Crippen LogP contribution in [0.2, 0.25) is 0 Å². The van der Waals surface area contributed by atoms with Gasteiger partial charge in [-0.05, 0) is 37.6 Å². The van der Waals surface area contributed by atoms with E-state index in [4.69, 9.17) is 0 Å². The Morgan fingerprint density at radius 3 is 2.53 bits per heavy atom. The minimum Gasteiger partial charge on any atom is -0.366 e. The lowest BCUT2D eigenvalue weighted by Crippen LogP contribution is -2.10. The summed E-state index contributed by atoms with van der Waals surface area (Å²) in [5.74, 6) is -0.364. The van der Waals surface area contributed by atoms with Crippen molar-refractivity contribution in [2.45, 2.75) is 19.9 Å². The first-order valence-corrected chi connectivity index (χ1v) is 6.09. The standard InChI is InChI=1S/C16H15FN2/c1-11-4-3-5-13(8-11)19-16(10-18)14-9-12(2)6-7-15(14)17/h3-9,16,19H,1-2H3. The molecule has 2 aromatic rings. The number of nitriles is 1. The van der Waals surface area contributed by atoms with E-state index >= 15 is 0 Å². The second-order valence-corrected chi connectivity index (χ2v) is 4.60. The summed E-state index contributed by atoms with van der Waals surface area (Å²) >= 11 is 0. The summed E-state index contributed by atoms with van der Waals surface area (Å²) in [6, 6.07) is 13.9. The molecule has 2 rings (SSSR count). The van der Waals surface area contributed by atoms with Gasteiger partial charge in [0.25, 0.3) is 0 Å². The summed E-state index contributed by atoms with van der Waals surface area (Å²) in [6.45, 7) is 3.85.